The number of piperazine rings is 1. The van der Waals surface area contributed by atoms with Gasteiger partial charge in [-0.05, 0) is 38.5 Å². The second kappa shape index (κ2) is 10.6. The van der Waals surface area contributed by atoms with E-state index in [1.165, 1.54) is 12.1 Å². The SMILES string of the molecule is Cc1c(C(N)=O)sc(NC(=O)CN2CCN(c3ccc([N+](=O)[O-])cc3)CC2)c1C(=O)OC(C)C. The van der Waals surface area contributed by atoms with Gasteiger partial charge in [-0.15, -0.1) is 11.3 Å². The highest BCUT2D eigenvalue weighted by atomic mass is 32.1. The number of nitro benzene ring substituents is 1. The van der Waals surface area contributed by atoms with Crippen LogP contribution in [0.2, 0.25) is 0 Å². The number of non-ortho nitro benzene ring substituents is 1. The van der Waals surface area contributed by atoms with Gasteiger partial charge in [-0.2, -0.15) is 0 Å². The first-order chi connectivity index (χ1) is 16.1. The first-order valence-corrected chi connectivity index (χ1v) is 11.5. The third-order valence-corrected chi connectivity index (χ3v) is 6.56. The van der Waals surface area contributed by atoms with Crippen LogP contribution in [0.1, 0.15) is 39.4 Å². The Balaban J connectivity index is 1.62. The molecule has 1 saturated heterocycles. The standard InChI is InChI=1S/C22H27N5O6S/c1-13(2)33-22(30)18-14(3)19(20(23)29)34-21(18)24-17(28)12-25-8-10-26(11-9-25)15-4-6-16(7-5-15)27(31)32/h4-7,13H,8-12H2,1-3H3,(H2,23,29)(H,24,28). The monoisotopic (exact) mass is 489 g/mol. The minimum absolute atomic E-state index is 0.0407. The van der Waals surface area contributed by atoms with Gasteiger partial charge in [-0.3, -0.25) is 24.6 Å². The van der Waals surface area contributed by atoms with E-state index in [1.54, 1.807) is 32.9 Å². The lowest BCUT2D eigenvalue weighted by Crippen LogP contribution is -2.48. The summed E-state index contributed by atoms with van der Waals surface area (Å²) in [6, 6.07) is 6.38. The van der Waals surface area contributed by atoms with Crippen molar-refractivity contribution in [2.75, 3.05) is 42.9 Å². The van der Waals surface area contributed by atoms with Gasteiger partial charge in [0.05, 0.1) is 28.0 Å². The van der Waals surface area contributed by atoms with Gasteiger partial charge < -0.3 is 20.7 Å². The second-order valence-electron chi connectivity index (χ2n) is 8.16. The number of ether oxygens (including phenoxy) is 1. The molecule has 1 aromatic carbocycles. The van der Waals surface area contributed by atoms with E-state index in [0.29, 0.717) is 31.7 Å². The van der Waals surface area contributed by atoms with E-state index in [1.807, 2.05) is 4.90 Å². The van der Waals surface area contributed by atoms with Gasteiger partial charge in [0.25, 0.3) is 11.6 Å². The zero-order chi connectivity index (χ0) is 25.0. The van der Waals surface area contributed by atoms with Crippen LogP contribution < -0.4 is 16.0 Å². The Morgan fingerprint density at radius 2 is 1.79 bits per heavy atom. The summed E-state index contributed by atoms with van der Waals surface area (Å²) < 4.78 is 5.27. The maximum atomic E-state index is 12.7. The van der Waals surface area contributed by atoms with Gasteiger partial charge in [-0.25, -0.2) is 4.79 Å². The number of amides is 2. The van der Waals surface area contributed by atoms with Crippen molar-refractivity contribution < 1.29 is 24.0 Å². The molecular formula is C22H27N5O6S. The van der Waals surface area contributed by atoms with E-state index >= 15 is 0 Å². The third-order valence-electron chi connectivity index (χ3n) is 5.34. The van der Waals surface area contributed by atoms with Crippen molar-refractivity contribution in [3.63, 3.8) is 0 Å². The Morgan fingerprint density at radius 1 is 1.18 bits per heavy atom. The van der Waals surface area contributed by atoms with Crippen LogP contribution in [0, 0.1) is 17.0 Å². The molecule has 1 aliphatic heterocycles. The highest BCUT2D eigenvalue weighted by molar-refractivity contribution is 7.18. The number of nitrogens with zero attached hydrogens (tertiary/aromatic N) is 3. The molecule has 182 valence electrons. The molecule has 2 aromatic rings. The van der Waals surface area contributed by atoms with Crippen molar-refractivity contribution in [3.8, 4) is 0 Å². The molecular weight excluding hydrogens is 462 g/mol. The maximum Gasteiger partial charge on any atom is 0.341 e. The predicted octanol–water partition coefficient (Wildman–Crippen LogP) is 2.39. The number of anilines is 2. The molecule has 2 heterocycles. The molecule has 1 aliphatic rings. The molecule has 0 unspecified atom stereocenters. The van der Waals surface area contributed by atoms with Crippen molar-refractivity contribution in [2.24, 2.45) is 5.73 Å². The lowest BCUT2D eigenvalue weighted by Gasteiger charge is -2.35. The van der Waals surface area contributed by atoms with Crippen LogP contribution in [0.25, 0.3) is 0 Å². The normalized spacial score (nSPS) is 14.2. The first kappa shape index (κ1) is 25.1. The number of nitro groups is 1. The number of nitrogens with two attached hydrogens (primary N) is 1. The Kier molecular flexibility index (Phi) is 7.84. The van der Waals surface area contributed by atoms with Crippen LogP contribution in [-0.2, 0) is 9.53 Å². The number of carbonyl (C=O) groups is 3. The highest BCUT2D eigenvalue weighted by Gasteiger charge is 2.27. The number of hydrogen-bond acceptors (Lipinski definition) is 9. The molecule has 0 bridgehead atoms. The molecule has 0 saturated carbocycles. The van der Waals surface area contributed by atoms with Gasteiger partial charge in [0.1, 0.15) is 5.00 Å². The fourth-order valence-electron chi connectivity index (χ4n) is 3.67. The summed E-state index contributed by atoms with van der Waals surface area (Å²) >= 11 is 0.959. The number of nitrogens with one attached hydrogen (secondary N) is 1. The van der Waals surface area contributed by atoms with Gasteiger partial charge in [-0.1, -0.05) is 0 Å². The van der Waals surface area contributed by atoms with Crippen LogP contribution in [-0.4, -0.2) is 66.4 Å². The summed E-state index contributed by atoms with van der Waals surface area (Å²) in [5.41, 5.74) is 6.88. The van der Waals surface area contributed by atoms with Crippen molar-refractivity contribution >= 4 is 45.5 Å². The predicted molar refractivity (Wildman–Crippen MR) is 129 cm³/mol. The van der Waals surface area contributed by atoms with Crippen LogP contribution >= 0.6 is 11.3 Å². The van der Waals surface area contributed by atoms with Crippen molar-refractivity contribution in [3.05, 3.63) is 50.4 Å². The highest BCUT2D eigenvalue weighted by Crippen LogP contribution is 2.33. The lowest BCUT2D eigenvalue weighted by atomic mass is 10.1. The largest absolute Gasteiger partial charge is 0.459 e. The quantitative estimate of drug-likeness (QED) is 0.326. The Labute approximate surface area is 200 Å². The van der Waals surface area contributed by atoms with Crippen LogP contribution in [0.15, 0.2) is 24.3 Å². The topological polar surface area (TPSA) is 148 Å². The zero-order valence-corrected chi connectivity index (χ0v) is 20.0. The molecule has 0 atom stereocenters. The Morgan fingerprint density at radius 3 is 2.32 bits per heavy atom. The van der Waals surface area contributed by atoms with Gasteiger partial charge >= 0.3 is 5.97 Å². The van der Waals surface area contributed by atoms with Gasteiger partial charge in [0.15, 0.2) is 0 Å². The van der Waals surface area contributed by atoms with Crippen molar-refractivity contribution in [1.29, 1.82) is 0 Å². The average Bonchev–Trinajstić information content (AvgIpc) is 3.09. The molecule has 2 amide bonds. The van der Waals surface area contributed by atoms with E-state index in [9.17, 15) is 24.5 Å². The number of hydrogen-bond donors (Lipinski definition) is 2. The Bertz CT molecular complexity index is 1090. The minimum Gasteiger partial charge on any atom is -0.459 e. The van der Waals surface area contributed by atoms with E-state index in [2.05, 4.69) is 10.2 Å². The van der Waals surface area contributed by atoms with Crippen LogP contribution in [0.3, 0.4) is 0 Å². The third kappa shape index (κ3) is 5.88. The minimum atomic E-state index is -0.677. The van der Waals surface area contributed by atoms with Gasteiger partial charge in [0, 0.05) is 44.0 Å². The lowest BCUT2D eigenvalue weighted by molar-refractivity contribution is -0.384. The number of thiophene rings is 1. The second-order valence-corrected chi connectivity index (χ2v) is 9.18. The fourth-order valence-corrected chi connectivity index (χ4v) is 4.74. The smallest absolute Gasteiger partial charge is 0.341 e. The maximum absolute atomic E-state index is 12.7. The fraction of sp³-hybridized carbons (Fsp3) is 0.409. The summed E-state index contributed by atoms with van der Waals surface area (Å²) in [5, 5.41) is 13.8. The van der Waals surface area contributed by atoms with E-state index in [-0.39, 0.29) is 39.7 Å². The number of carbonyl (C=O) groups excluding carboxylic acids is 3. The number of benzene rings is 1. The number of primary amides is 1. The van der Waals surface area contributed by atoms with Crippen molar-refractivity contribution in [2.45, 2.75) is 26.9 Å². The Hall–Kier alpha value is -3.51. The molecule has 34 heavy (non-hydrogen) atoms. The van der Waals surface area contributed by atoms with E-state index in [0.717, 1.165) is 17.0 Å². The van der Waals surface area contributed by atoms with Crippen LogP contribution in [0.4, 0.5) is 16.4 Å². The molecule has 1 fully saturated rings. The molecule has 3 N–H and O–H groups in total. The van der Waals surface area contributed by atoms with Gasteiger partial charge in [0.2, 0.25) is 5.91 Å². The van der Waals surface area contributed by atoms with Crippen molar-refractivity contribution in [1.82, 2.24) is 4.90 Å². The zero-order valence-electron chi connectivity index (χ0n) is 19.2. The van der Waals surface area contributed by atoms with E-state index in [4.69, 9.17) is 10.5 Å². The molecule has 0 aliphatic carbocycles. The summed E-state index contributed by atoms with van der Waals surface area (Å²) in [5.74, 6) is -1.62. The molecule has 11 nitrogen and oxygen atoms in total. The molecule has 12 heteroatoms. The molecule has 1 aromatic heterocycles. The first-order valence-electron chi connectivity index (χ1n) is 10.7. The summed E-state index contributed by atoms with van der Waals surface area (Å²) in [4.78, 5) is 51.7. The molecule has 0 spiro atoms. The number of rotatable bonds is 8. The molecule has 3 rings (SSSR count). The molecule has 0 radical (unpaired) electrons. The average molecular weight is 490 g/mol. The number of esters is 1. The summed E-state index contributed by atoms with van der Waals surface area (Å²) in [6.07, 6.45) is -0.362. The van der Waals surface area contributed by atoms with Crippen LogP contribution in [0.5, 0.6) is 0 Å². The summed E-state index contributed by atoms with van der Waals surface area (Å²) in [7, 11) is 0. The van der Waals surface area contributed by atoms with E-state index < -0.39 is 16.8 Å². The summed E-state index contributed by atoms with van der Waals surface area (Å²) in [6.45, 7) is 7.66.